The molecule has 9 heteroatoms. The Labute approximate surface area is 214 Å². The van der Waals surface area contributed by atoms with Crippen molar-refractivity contribution in [3.63, 3.8) is 0 Å². The topological polar surface area (TPSA) is 97.6 Å². The van der Waals surface area contributed by atoms with Crippen LogP contribution in [0.15, 0.2) is 36.5 Å². The van der Waals surface area contributed by atoms with Crippen molar-refractivity contribution >= 4 is 12.0 Å². The highest BCUT2D eigenvalue weighted by atomic mass is 16.5. The average molecular weight is 492 g/mol. The van der Waals surface area contributed by atoms with E-state index in [1.54, 1.807) is 0 Å². The summed E-state index contributed by atoms with van der Waals surface area (Å²) in [5, 5.41) is 12.3. The number of anilines is 1. The second kappa shape index (κ2) is 12.0. The molecule has 0 radical (unpaired) electrons. The van der Waals surface area contributed by atoms with Crippen LogP contribution in [0.25, 0.3) is 0 Å². The first-order chi connectivity index (χ1) is 17.5. The van der Waals surface area contributed by atoms with Crippen molar-refractivity contribution < 1.29 is 9.53 Å². The molecule has 2 aliphatic heterocycles. The number of ether oxygens (including phenoxy) is 1. The lowest BCUT2D eigenvalue weighted by atomic mass is 9.93. The molecule has 36 heavy (non-hydrogen) atoms. The van der Waals surface area contributed by atoms with Gasteiger partial charge in [0.05, 0.1) is 13.3 Å². The molecule has 1 aromatic heterocycles. The Kier molecular flexibility index (Phi) is 8.60. The number of carbonyl (C=O) groups excluding carboxylic acids is 1. The van der Waals surface area contributed by atoms with Gasteiger partial charge >= 0.3 is 6.03 Å². The first-order valence-electron chi connectivity index (χ1n) is 12.9. The maximum atomic E-state index is 13.0. The largest absolute Gasteiger partial charge is 0.480 e. The van der Waals surface area contributed by atoms with Gasteiger partial charge in [0, 0.05) is 38.3 Å². The van der Waals surface area contributed by atoms with Crippen LogP contribution in [0, 0.1) is 17.2 Å². The van der Waals surface area contributed by atoms with Crippen LogP contribution in [0.5, 0.6) is 5.88 Å². The highest BCUT2D eigenvalue weighted by Crippen LogP contribution is 2.24. The van der Waals surface area contributed by atoms with Crippen LogP contribution in [0.1, 0.15) is 44.2 Å². The number of hydrogen-bond donors (Lipinski definition) is 1. The third-order valence-corrected chi connectivity index (χ3v) is 7.28. The summed E-state index contributed by atoms with van der Waals surface area (Å²) in [7, 11) is 1.49. The van der Waals surface area contributed by atoms with Gasteiger partial charge < -0.3 is 19.9 Å². The molecular weight excluding hydrogens is 454 g/mol. The zero-order chi connectivity index (χ0) is 25.5. The van der Waals surface area contributed by atoms with Crippen molar-refractivity contribution in [3.8, 4) is 11.9 Å². The number of methoxy groups -OCH3 is 1. The number of nitrogens with one attached hydrogen (secondary N) is 1. The lowest BCUT2D eigenvalue weighted by Crippen LogP contribution is -2.61. The molecule has 1 N–H and O–H groups in total. The van der Waals surface area contributed by atoms with E-state index >= 15 is 0 Å². The highest BCUT2D eigenvalue weighted by Gasteiger charge is 2.34. The smallest absolute Gasteiger partial charge is 0.318 e. The zero-order valence-electron chi connectivity index (χ0n) is 21.6. The monoisotopic (exact) mass is 491 g/mol. The maximum absolute atomic E-state index is 13.0. The van der Waals surface area contributed by atoms with Gasteiger partial charge in [-0.05, 0) is 57.7 Å². The number of amides is 2. The molecule has 9 nitrogen and oxygen atoms in total. The van der Waals surface area contributed by atoms with Gasteiger partial charge in [-0.15, -0.1) is 0 Å². The van der Waals surface area contributed by atoms with Crippen molar-refractivity contribution in [2.24, 2.45) is 5.92 Å². The molecule has 2 amide bonds. The van der Waals surface area contributed by atoms with Crippen LogP contribution in [0.4, 0.5) is 10.7 Å². The molecule has 2 aliphatic rings. The van der Waals surface area contributed by atoms with E-state index in [1.807, 2.05) is 29.7 Å². The second-order valence-corrected chi connectivity index (χ2v) is 9.94. The summed E-state index contributed by atoms with van der Waals surface area (Å²) >= 11 is 0. The van der Waals surface area contributed by atoms with E-state index in [0.717, 1.165) is 26.1 Å². The summed E-state index contributed by atoms with van der Waals surface area (Å²) in [6.07, 6.45) is 4.87. The van der Waals surface area contributed by atoms with E-state index < -0.39 is 0 Å². The molecule has 2 atom stereocenters. The van der Waals surface area contributed by atoms with Gasteiger partial charge in [0.2, 0.25) is 11.8 Å². The van der Waals surface area contributed by atoms with Gasteiger partial charge in [-0.25, -0.2) is 9.78 Å². The van der Waals surface area contributed by atoms with Crippen LogP contribution in [-0.2, 0) is 6.54 Å². The number of carbonyl (C=O) groups is 1. The number of rotatable bonds is 7. The first kappa shape index (κ1) is 25.7. The number of nitriles is 1. The van der Waals surface area contributed by atoms with Crippen LogP contribution in [-0.4, -0.2) is 77.7 Å². The summed E-state index contributed by atoms with van der Waals surface area (Å²) in [5.74, 6) is 1.45. The number of likely N-dealkylation sites (tertiary alicyclic amines) is 1. The third-order valence-electron chi connectivity index (χ3n) is 7.28. The number of piperidine rings is 1. The van der Waals surface area contributed by atoms with Crippen LogP contribution < -0.4 is 15.0 Å². The number of benzene rings is 1. The Morgan fingerprint density at radius 2 is 1.86 bits per heavy atom. The van der Waals surface area contributed by atoms with Crippen molar-refractivity contribution in [1.82, 2.24) is 25.1 Å². The van der Waals surface area contributed by atoms with E-state index in [4.69, 9.17) is 4.74 Å². The summed E-state index contributed by atoms with van der Waals surface area (Å²) < 4.78 is 5.23. The van der Waals surface area contributed by atoms with E-state index in [0.29, 0.717) is 37.1 Å². The number of aromatic nitrogens is 2. The Hall–Kier alpha value is -3.38. The maximum Gasteiger partial charge on any atom is 0.318 e. The number of nitrogens with zero attached hydrogens (tertiary/aromatic N) is 6. The molecule has 2 saturated heterocycles. The quantitative estimate of drug-likeness (QED) is 0.635. The molecule has 1 aromatic carbocycles. The summed E-state index contributed by atoms with van der Waals surface area (Å²) in [5.41, 5.74) is 1.68. The van der Waals surface area contributed by atoms with Crippen LogP contribution >= 0.6 is 0 Å². The fraction of sp³-hybridized carbons (Fsp3) is 0.556. The molecule has 3 heterocycles. The zero-order valence-corrected chi connectivity index (χ0v) is 21.6. The minimum absolute atomic E-state index is 0.000198. The van der Waals surface area contributed by atoms with E-state index in [2.05, 4.69) is 50.5 Å². The summed E-state index contributed by atoms with van der Waals surface area (Å²) in [6.45, 7) is 9.29. The van der Waals surface area contributed by atoms with Gasteiger partial charge in [-0.1, -0.05) is 30.3 Å². The molecule has 2 aromatic rings. The number of urea groups is 1. The normalized spacial score (nSPS) is 21.2. The van der Waals surface area contributed by atoms with Gasteiger partial charge in [-0.2, -0.15) is 10.2 Å². The highest BCUT2D eigenvalue weighted by molar-refractivity contribution is 5.75. The van der Waals surface area contributed by atoms with Gasteiger partial charge in [-0.3, -0.25) is 4.90 Å². The molecular formula is C27H37N7O2. The standard InChI is InChI=1S/C27H37N7O2/c1-20-17-33(26-30-16-24(15-28)25(31-26)36-3)18-21(2)34(20)27(35)29-12-9-22-10-13-32(14-11-22)19-23-7-5-4-6-8-23/h4-8,16,20-22H,9-14,17-19H2,1-3H3,(H,29,35)/t20-,21+. The SMILES string of the molecule is COc1nc(N2C[C@@H](C)N(C(=O)NCCC3CCN(Cc4ccccc4)CC3)[C@@H](C)C2)ncc1C#N. The van der Waals surface area contributed by atoms with Crippen molar-refractivity contribution in [2.45, 2.75) is 51.7 Å². The third kappa shape index (κ3) is 6.24. The molecule has 0 aliphatic carbocycles. The lowest BCUT2D eigenvalue weighted by molar-refractivity contribution is 0.139. The average Bonchev–Trinajstić information content (AvgIpc) is 2.89. The van der Waals surface area contributed by atoms with E-state index in [-0.39, 0.29) is 24.0 Å². The first-order valence-corrected chi connectivity index (χ1v) is 12.9. The van der Waals surface area contributed by atoms with Crippen molar-refractivity contribution in [3.05, 3.63) is 47.7 Å². The molecule has 2 fully saturated rings. The Morgan fingerprint density at radius 1 is 1.17 bits per heavy atom. The summed E-state index contributed by atoms with van der Waals surface area (Å²) in [6, 6.07) is 12.7. The molecule has 0 unspecified atom stereocenters. The van der Waals surface area contributed by atoms with Gasteiger partial charge in [0.25, 0.3) is 0 Å². The summed E-state index contributed by atoms with van der Waals surface area (Å²) in [4.78, 5) is 28.3. The lowest BCUT2D eigenvalue weighted by Gasteiger charge is -2.44. The van der Waals surface area contributed by atoms with E-state index in [1.165, 1.54) is 31.7 Å². The van der Waals surface area contributed by atoms with E-state index in [9.17, 15) is 10.1 Å². The van der Waals surface area contributed by atoms with Gasteiger partial charge in [0.1, 0.15) is 11.6 Å². The molecule has 0 bridgehead atoms. The Bertz CT molecular complexity index is 1040. The number of hydrogen-bond acceptors (Lipinski definition) is 7. The molecule has 0 saturated carbocycles. The number of piperazine rings is 1. The van der Waals surface area contributed by atoms with Crippen molar-refractivity contribution in [2.75, 3.05) is 44.7 Å². The van der Waals surface area contributed by atoms with Crippen LogP contribution in [0.2, 0.25) is 0 Å². The fourth-order valence-corrected chi connectivity index (χ4v) is 5.38. The predicted molar refractivity (Wildman–Crippen MR) is 139 cm³/mol. The Balaban J connectivity index is 1.21. The minimum Gasteiger partial charge on any atom is -0.480 e. The predicted octanol–water partition coefficient (Wildman–Crippen LogP) is 3.27. The molecule has 4 rings (SSSR count). The Morgan fingerprint density at radius 3 is 2.50 bits per heavy atom. The van der Waals surface area contributed by atoms with Gasteiger partial charge in [0.15, 0.2) is 0 Å². The van der Waals surface area contributed by atoms with Crippen molar-refractivity contribution in [1.29, 1.82) is 5.26 Å². The molecule has 0 spiro atoms. The fourth-order valence-electron chi connectivity index (χ4n) is 5.38. The van der Waals surface area contributed by atoms with Crippen LogP contribution in [0.3, 0.4) is 0 Å². The second-order valence-electron chi connectivity index (χ2n) is 9.94. The molecule has 192 valence electrons. The minimum atomic E-state index is -0.00510.